The van der Waals surface area contributed by atoms with E-state index in [-0.39, 0.29) is 4.91 Å². The molecular weight excluding hydrogens is 350 g/mol. The number of imide groups is 2. The first-order chi connectivity index (χ1) is 11.5. The van der Waals surface area contributed by atoms with Gasteiger partial charge in [0.15, 0.2) is 0 Å². The Morgan fingerprint density at radius 2 is 2.12 bits per heavy atom. The molecule has 0 saturated carbocycles. The zero-order valence-electron chi connectivity index (χ0n) is 13.0. The van der Waals surface area contributed by atoms with Crippen molar-refractivity contribution >= 4 is 52.3 Å². The maximum absolute atomic E-state index is 12.2. The molecule has 1 aliphatic heterocycles. The Morgan fingerprint density at radius 3 is 2.79 bits per heavy atom. The molecule has 128 valence electrons. The molecule has 1 aliphatic rings. The van der Waals surface area contributed by atoms with Gasteiger partial charge in [0, 0.05) is 11.4 Å². The maximum atomic E-state index is 12.2. The Morgan fingerprint density at radius 1 is 1.33 bits per heavy atom. The van der Waals surface area contributed by atoms with Gasteiger partial charge in [-0.15, -0.1) is 11.3 Å². The summed E-state index contributed by atoms with van der Waals surface area (Å²) < 4.78 is 0. The van der Waals surface area contributed by atoms with Crippen LogP contribution in [0.15, 0.2) is 22.4 Å². The molecule has 1 fully saturated rings. The summed E-state index contributed by atoms with van der Waals surface area (Å²) in [6.07, 6.45) is 3.34. The van der Waals surface area contributed by atoms with Gasteiger partial charge in [0.25, 0.3) is 11.1 Å². The lowest BCUT2D eigenvalue weighted by molar-refractivity contribution is -0.128. The van der Waals surface area contributed by atoms with Crippen LogP contribution in [0, 0.1) is 0 Å². The maximum Gasteiger partial charge on any atom is 0.321 e. The highest BCUT2D eigenvalue weighted by atomic mass is 32.2. The van der Waals surface area contributed by atoms with Gasteiger partial charge in [-0.05, 0) is 35.7 Å². The van der Waals surface area contributed by atoms with Gasteiger partial charge in [-0.2, -0.15) is 0 Å². The summed E-state index contributed by atoms with van der Waals surface area (Å²) in [6.45, 7) is 1.96. The summed E-state index contributed by atoms with van der Waals surface area (Å²) in [5.74, 6) is -1.23. The van der Waals surface area contributed by atoms with Crippen LogP contribution in [-0.4, -0.2) is 41.1 Å². The van der Waals surface area contributed by atoms with Crippen LogP contribution in [-0.2, 0) is 9.59 Å². The minimum absolute atomic E-state index is 0.266. The van der Waals surface area contributed by atoms with Crippen molar-refractivity contribution in [1.82, 2.24) is 15.5 Å². The molecule has 1 saturated heterocycles. The van der Waals surface area contributed by atoms with Gasteiger partial charge in [-0.25, -0.2) is 4.79 Å². The van der Waals surface area contributed by atoms with Crippen molar-refractivity contribution in [2.45, 2.75) is 19.8 Å². The number of rotatable bonds is 6. The highest BCUT2D eigenvalue weighted by Gasteiger charge is 2.36. The molecule has 0 unspecified atom stereocenters. The van der Waals surface area contributed by atoms with Gasteiger partial charge in [-0.3, -0.25) is 24.6 Å². The van der Waals surface area contributed by atoms with Crippen LogP contribution in [0.3, 0.4) is 0 Å². The van der Waals surface area contributed by atoms with E-state index in [2.05, 4.69) is 10.6 Å². The van der Waals surface area contributed by atoms with Crippen molar-refractivity contribution in [1.29, 1.82) is 0 Å². The number of hydrogen-bond acceptors (Lipinski definition) is 6. The van der Waals surface area contributed by atoms with E-state index in [1.165, 1.54) is 11.3 Å². The van der Waals surface area contributed by atoms with Crippen LogP contribution >= 0.6 is 23.1 Å². The third kappa shape index (κ3) is 4.93. The summed E-state index contributed by atoms with van der Waals surface area (Å²) in [6, 6.07) is 3.03. The van der Waals surface area contributed by atoms with Crippen molar-refractivity contribution in [2.75, 3.05) is 13.1 Å². The molecule has 9 heteroatoms. The Hall–Kier alpha value is -2.13. The molecule has 5 amide bonds. The molecule has 0 atom stereocenters. The molecule has 0 aliphatic carbocycles. The monoisotopic (exact) mass is 367 g/mol. The predicted octanol–water partition coefficient (Wildman–Crippen LogP) is 2.41. The van der Waals surface area contributed by atoms with E-state index >= 15 is 0 Å². The van der Waals surface area contributed by atoms with Crippen LogP contribution in [0.2, 0.25) is 0 Å². The Balaban J connectivity index is 1.90. The fourth-order valence-corrected chi connectivity index (χ4v) is 3.43. The number of amides is 5. The summed E-state index contributed by atoms with van der Waals surface area (Å²) in [7, 11) is 0. The minimum Gasteiger partial charge on any atom is -0.338 e. The van der Waals surface area contributed by atoms with Crippen LogP contribution in [0.1, 0.15) is 24.6 Å². The fraction of sp³-hybridized carbons (Fsp3) is 0.333. The molecule has 0 bridgehead atoms. The number of carbonyl (C=O) groups excluding carboxylic acids is 4. The molecule has 0 aromatic carbocycles. The first kappa shape index (κ1) is 18.2. The summed E-state index contributed by atoms with van der Waals surface area (Å²) in [4.78, 5) is 49.4. The normalized spacial score (nSPS) is 15.9. The number of hydrogen-bond donors (Lipinski definition) is 2. The summed E-state index contributed by atoms with van der Waals surface area (Å²) in [5.41, 5.74) is 0. The molecule has 24 heavy (non-hydrogen) atoms. The number of unbranched alkanes of at least 4 members (excludes halogenated alkanes) is 1. The summed E-state index contributed by atoms with van der Waals surface area (Å²) in [5, 5.41) is 5.97. The van der Waals surface area contributed by atoms with Gasteiger partial charge in [0.1, 0.15) is 6.54 Å². The highest BCUT2D eigenvalue weighted by Crippen LogP contribution is 2.32. The molecular formula is C15H17N3O4S2. The summed E-state index contributed by atoms with van der Waals surface area (Å²) >= 11 is 2.22. The lowest BCUT2D eigenvalue weighted by Crippen LogP contribution is -2.45. The third-order valence-corrected chi connectivity index (χ3v) is 4.79. The van der Waals surface area contributed by atoms with Crippen molar-refractivity contribution in [3.8, 4) is 0 Å². The number of carbonyl (C=O) groups is 4. The van der Waals surface area contributed by atoms with E-state index in [4.69, 9.17) is 0 Å². The number of thiophene rings is 1. The van der Waals surface area contributed by atoms with E-state index in [9.17, 15) is 19.2 Å². The lowest BCUT2D eigenvalue weighted by Gasteiger charge is -2.12. The lowest BCUT2D eigenvalue weighted by atomic mass is 10.3. The smallest absolute Gasteiger partial charge is 0.321 e. The second-order valence-electron chi connectivity index (χ2n) is 4.94. The van der Waals surface area contributed by atoms with Crippen LogP contribution < -0.4 is 10.6 Å². The van der Waals surface area contributed by atoms with E-state index in [0.29, 0.717) is 6.54 Å². The van der Waals surface area contributed by atoms with Crippen LogP contribution in [0.4, 0.5) is 9.59 Å². The van der Waals surface area contributed by atoms with Gasteiger partial charge in [-0.1, -0.05) is 19.4 Å². The topological polar surface area (TPSA) is 95.6 Å². The number of thioether (sulfide) groups is 1. The molecule has 0 radical (unpaired) electrons. The van der Waals surface area contributed by atoms with E-state index < -0.39 is 29.6 Å². The second kappa shape index (κ2) is 8.65. The molecule has 2 heterocycles. The quantitative estimate of drug-likeness (QED) is 0.595. The molecule has 1 aromatic heterocycles. The number of nitrogens with one attached hydrogen (secondary N) is 2. The molecule has 0 spiro atoms. The Bertz CT molecular complexity index is 670. The Labute approximate surface area is 147 Å². The third-order valence-electron chi connectivity index (χ3n) is 3.06. The Kier molecular flexibility index (Phi) is 6.56. The molecule has 1 aromatic rings. The van der Waals surface area contributed by atoms with Crippen LogP contribution in [0.5, 0.6) is 0 Å². The van der Waals surface area contributed by atoms with Crippen LogP contribution in [0.25, 0.3) is 6.08 Å². The zero-order chi connectivity index (χ0) is 17.5. The van der Waals surface area contributed by atoms with Crippen molar-refractivity contribution in [3.05, 3.63) is 27.3 Å². The highest BCUT2D eigenvalue weighted by molar-refractivity contribution is 8.18. The van der Waals surface area contributed by atoms with E-state index in [1.807, 2.05) is 24.4 Å². The fourth-order valence-electron chi connectivity index (χ4n) is 1.87. The van der Waals surface area contributed by atoms with Crippen molar-refractivity contribution in [2.24, 2.45) is 0 Å². The molecule has 2 N–H and O–H groups in total. The molecule has 7 nitrogen and oxygen atoms in total. The number of urea groups is 1. The first-order valence-electron chi connectivity index (χ1n) is 7.37. The largest absolute Gasteiger partial charge is 0.338 e. The average Bonchev–Trinajstić information content (AvgIpc) is 3.12. The van der Waals surface area contributed by atoms with Gasteiger partial charge >= 0.3 is 6.03 Å². The minimum atomic E-state index is -0.705. The van der Waals surface area contributed by atoms with Crippen molar-refractivity contribution in [3.63, 3.8) is 0 Å². The molecule has 2 rings (SSSR count). The second-order valence-corrected chi connectivity index (χ2v) is 6.91. The van der Waals surface area contributed by atoms with Crippen molar-refractivity contribution < 1.29 is 19.2 Å². The van der Waals surface area contributed by atoms with Gasteiger partial charge in [0.05, 0.1) is 4.91 Å². The predicted molar refractivity (Wildman–Crippen MR) is 93.4 cm³/mol. The van der Waals surface area contributed by atoms with Gasteiger partial charge < -0.3 is 5.32 Å². The van der Waals surface area contributed by atoms with Gasteiger partial charge in [0.2, 0.25) is 5.91 Å². The first-order valence-corrected chi connectivity index (χ1v) is 9.07. The average molecular weight is 367 g/mol. The number of nitrogens with zero attached hydrogens (tertiary/aromatic N) is 1. The van der Waals surface area contributed by atoms with E-state index in [0.717, 1.165) is 34.4 Å². The standard InChI is InChI=1S/C15H17N3O4S2/c1-2-3-6-16-14(21)17-12(19)9-18-13(20)11(24-15(18)22)8-10-5-4-7-23-10/h4-5,7-8H,2-3,6,9H2,1H3,(H2,16,17,19,21)/b11-8-. The van der Waals surface area contributed by atoms with E-state index in [1.54, 1.807) is 6.08 Å². The SMILES string of the molecule is CCCCNC(=O)NC(=O)CN1C(=O)S/C(=C\c2cccs2)C1=O. The zero-order valence-corrected chi connectivity index (χ0v) is 14.7.